The smallest absolute Gasteiger partial charge is 0.351 e. The number of carbonyl (C=O) groups excluding carboxylic acids is 2. The number of hydrogen-bond donors (Lipinski definition) is 2. The topological polar surface area (TPSA) is 58.2 Å². The number of alkyl halides is 18. The zero-order chi connectivity index (χ0) is 40.1. The second-order valence-corrected chi connectivity index (χ2v) is 14.9. The minimum absolute atomic E-state index is 0.126. The Morgan fingerprint density at radius 2 is 0.740 bits per heavy atom. The van der Waals surface area contributed by atoms with Gasteiger partial charge >= 0.3 is 47.9 Å². The molecule has 0 rings (SSSR count). The molecule has 0 aliphatic carbocycles. The lowest BCUT2D eigenvalue weighted by molar-refractivity contribution is -0.879. The maximum atomic E-state index is 13.6. The van der Waals surface area contributed by atoms with Crippen molar-refractivity contribution in [3.63, 3.8) is 0 Å². The van der Waals surface area contributed by atoms with Gasteiger partial charge in [-0.3, -0.25) is 9.59 Å². The van der Waals surface area contributed by atoms with Gasteiger partial charge in [-0.15, -0.1) is 0 Å². The standard InChI is InChI=1S/C24H32F18N4O2S2/c1-45(2,13-15(47)43-7-5-17(25,26)19(29,30)21(33,34)23(37,38)39)9-11-49-50-12-10-46(3,4)14-16(48)44-8-6-18(27,28)20(31,32)22(35,36)24(40,41)42/h5-14H2,1-4H3/p+2. The Morgan fingerprint density at radius 3 is 0.980 bits per heavy atom. The first-order valence-corrected chi connectivity index (χ1v) is 16.2. The van der Waals surface area contributed by atoms with Gasteiger partial charge < -0.3 is 19.6 Å². The summed E-state index contributed by atoms with van der Waals surface area (Å²) < 4.78 is 232. The van der Waals surface area contributed by atoms with Crippen LogP contribution in [0.25, 0.3) is 0 Å². The predicted molar refractivity (Wildman–Crippen MR) is 146 cm³/mol. The fourth-order valence-corrected chi connectivity index (χ4v) is 6.11. The van der Waals surface area contributed by atoms with Crippen molar-refractivity contribution in [2.45, 2.75) is 60.7 Å². The fourth-order valence-electron chi connectivity index (χ4n) is 3.58. The third kappa shape index (κ3) is 12.5. The molecule has 6 nitrogen and oxygen atoms in total. The largest absolute Gasteiger partial charge is 0.460 e. The molecule has 0 aromatic carbocycles. The van der Waals surface area contributed by atoms with E-state index < -0.39 is 98.7 Å². The van der Waals surface area contributed by atoms with Crippen LogP contribution in [0, 0.1) is 0 Å². The molecule has 2 amide bonds. The molecule has 0 fully saturated rings. The van der Waals surface area contributed by atoms with Crippen LogP contribution in [0.2, 0.25) is 0 Å². The molecule has 26 heteroatoms. The summed E-state index contributed by atoms with van der Waals surface area (Å²) in [6.07, 6.45) is -18.4. The van der Waals surface area contributed by atoms with Crippen molar-refractivity contribution < 1.29 is 97.6 Å². The van der Waals surface area contributed by atoms with E-state index in [4.69, 9.17) is 0 Å². The van der Waals surface area contributed by atoms with Crippen LogP contribution in [-0.4, -0.2) is 148 Å². The number of nitrogens with zero attached hydrogens (tertiary/aromatic N) is 2. The molecule has 0 atom stereocenters. The minimum atomic E-state index is -7.04. The van der Waals surface area contributed by atoms with Crippen LogP contribution < -0.4 is 10.6 Å². The summed E-state index contributed by atoms with van der Waals surface area (Å²) in [7, 11) is 8.39. The molecule has 0 saturated heterocycles. The van der Waals surface area contributed by atoms with Crippen molar-refractivity contribution in [2.24, 2.45) is 0 Å². The maximum absolute atomic E-state index is 13.6. The van der Waals surface area contributed by atoms with Gasteiger partial charge in [0, 0.05) is 25.9 Å². The van der Waals surface area contributed by atoms with Crippen molar-refractivity contribution in [1.29, 1.82) is 0 Å². The Kier molecular flexibility index (Phi) is 16.0. The molecule has 0 saturated carbocycles. The van der Waals surface area contributed by atoms with E-state index in [0.717, 1.165) is 0 Å². The highest BCUT2D eigenvalue weighted by Crippen LogP contribution is 2.55. The van der Waals surface area contributed by atoms with E-state index in [9.17, 15) is 88.6 Å². The van der Waals surface area contributed by atoms with Crippen LogP contribution in [0.4, 0.5) is 79.0 Å². The first kappa shape index (κ1) is 48.3. The number of hydrogen-bond acceptors (Lipinski definition) is 4. The maximum Gasteiger partial charge on any atom is 0.460 e. The van der Waals surface area contributed by atoms with E-state index in [1.807, 2.05) is 0 Å². The van der Waals surface area contributed by atoms with Crippen LogP contribution in [0.3, 0.4) is 0 Å². The second kappa shape index (κ2) is 16.5. The number of amides is 2. The quantitative estimate of drug-likeness (QED) is 0.0605. The van der Waals surface area contributed by atoms with Crippen LogP contribution in [0.5, 0.6) is 0 Å². The first-order valence-electron chi connectivity index (χ1n) is 13.7. The number of quaternary nitrogens is 2. The molecule has 0 aromatic heterocycles. The molecule has 298 valence electrons. The Hall–Kier alpha value is -1.70. The molecule has 0 bridgehead atoms. The number of carbonyl (C=O) groups is 2. The van der Waals surface area contributed by atoms with Gasteiger partial charge in [0.05, 0.1) is 52.8 Å². The fraction of sp³-hybridized carbons (Fsp3) is 0.917. The molecule has 0 spiro atoms. The van der Waals surface area contributed by atoms with E-state index in [0.29, 0.717) is 11.5 Å². The van der Waals surface area contributed by atoms with Gasteiger partial charge in [-0.05, 0) is 0 Å². The van der Waals surface area contributed by atoms with Crippen LogP contribution in [0.1, 0.15) is 12.8 Å². The van der Waals surface area contributed by atoms with Gasteiger partial charge in [-0.2, -0.15) is 79.0 Å². The summed E-state index contributed by atoms with van der Waals surface area (Å²) in [5.74, 6) is -40.7. The number of likely N-dealkylation sites (N-methyl/N-ethyl adjacent to an activating group) is 2. The average Bonchev–Trinajstić information content (AvgIpc) is 2.87. The summed E-state index contributed by atoms with van der Waals surface area (Å²) in [5, 5.41) is 3.51. The van der Waals surface area contributed by atoms with Gasteiger partial charge in [0.1, 0.15) is 0 Å². The number of rotatable bonds is 21. The first-order chi connectivity index (χ1) is 21.9. The molecule has 0 radical (unpaired) electrons. The van der Waals surface area contributed by atoms with Gasteiger partial charge in [-0.1, -0.05) is 21.6 Å². The molecule has 0 aliphatic heterocycles. The Morgan fingerprint density at radius 1 is 0.480 bits per heavy atom. The van der Waals surface area contributed by atoms with E-state index in [-0.39, 0.29) is 22.1 Å². The Bertz CT molecular complexity index is 1050. The highest BCUT2D eigenvalue weighted by atomic mass is 33.1. The van der Waals surface area contributed by atoms with Crippen molar-refractivity contribution in [3.8, 4) is 0 Å². The summed E-state index contributed by atoms with van der Waals surface area (Å²) in [4.78, 5) is 24.1. The molecule has 0 aliphatic rings. The summed E-state index contributed by atoms with van der Waals surface area (Å²) in [6, 6.07) is 0. The molecule has 0 aromatic rings. The van der Waals surface area contributed by atoms with Gasteiger partial charge in [-0.25, -0.2) is 0 Å². The van der Waals surface area contributed by atoms with Crippen LogP contribution in [-0.2, 0) is 9.59 Å². The predicted octanol–water partition coefficient (Wildman–Crippen LogP) is 6.47. The second-order valence-electron chi connectivity index (χ2n) is 12.2. The van der Waals surface area contributed by atoms with Gasteiger partial charge in [0.15, 0.2) is 13.1 Å². The third-order valence-corrected chi connectivity index (χ3v) is 9.09. The molecule has 0 unspecified atom stereocenters. The van der Waals surface area contributed by atoms with Gasteiger partial charge in [0.25, 0.3) is 11.8 Å². The number of nitrogens with one attached hydrogen (secondary N) is 2. The van der Waals surface area contributed by atoms with E-state index in [1.165, 1.54) is 49.8 Å². The lowest BCUT2D eigenvalue weighted by Gasteiger charge is -2.33. The molecular weight excluding hydrogens is 782 g/mol. The van der Waals surface area contributed by atoms with Crippen LogP contribution >= 0.6 is 21.6 Å². The summed E-state index contributed by atoms with van der Waals surface area (Å²) in [5.41, 5.74) is 0. The van der Waals surface area contributed by atoms with E-state index in [1.54, 1.807) is 10.6 Å². The van der Waals surface area contributed by atoms with Crippen molar-refractivity contribution in [1.82, 2.24) is 10.6 Å². The van der Waals surface area contributed by atoms with Crippen molar-refractivity contribution in [2.75, 3.05) is 79.0 Å². The molecular formula is C24H34F18N4O2S2+2. The van der Waals surface area contributed by atoms with E-state index in [2.05, 4.69) is 0 Å². The van der Waals surface area contributed by atoms with Crippen LogP contribution in [0.15, 0.2) is 0 Å². The molecule has 2 N–H and O–H groups in total. The highest BCUT2D eigenvalue weighted by Gasteiger charge is 2.82. The normalized spacial score (nSPS) is 14.9. The van der Waals surface area contributed by atoms with Crippen molar-refractivity contribution >= 4 is 33.4 Å². The zero-order valence-electron chi connectivity index (χ0n) is 26.4. The average molecular weight is 817 g/mol. The Balaban J connectivity index is 4.62. The monoisotopic (exact) mass is 816 g/mol. The third-order valence-electron chi connectivity index (χ3n) is 6.73. The molecule has 50 heavy (non-hydrogen) atoms. The van der Waals surface area contributed by atoms with E-state index >= 15 is 0 Å². The zero-order valence-corrected chi connectivity index (χ0v) is 28.0. The highest BCUT2D eigenvalue weighted by molar-refractivity contribution is 8.76. The number of halogens is 18. The summed E-state index contributed by atoms with van der Waals surface area (Å²) in [6.45, 7) is -3.16. The SMILES string of the molecule is C[N+](C)(CCSSCC[N+](C)(C)CC(=O)NCCC(F)(F)C(F)(F)C(F)(F)C(F)(F)F)CC(=O)NCCC(F)(F)C(F)(F)C(F)(F)C(F)(F)F. The minimum Gasteiger partial charge on any atom is -0.351 e. The Labute approximate surface area is 281 Å². The molecule has 0 heterocycles. The lowest BCUT2D eigenvalue weighted by Crippen LogP contribution is -2.61. The van der Waals surface area contributed by atoms with Gasteiger partial charge in [0.2, 0.25) is 0 Å². The lowest BCUT2D eigenvalue weighted by atomic mass is 10.0. The summed E-state index contributed by atoms with van der Waals surface area (Å²) >= 11 is 0. The van der Waals surface area contributed by atoms with Crippen molar-refractivity contribution in [3.05, 3.63) is 0 Å².